The van der Waals surface area contributed by atoms with E-state index < -0.39 is 46.5 Å². The van der Waals surface area contributed by atoms with Crippen molar-refractivity contribution in [3.63, 3.8) is 0 Å². The number of ether oxygens (including phenoxy) is 2. The van der Waals surface area contributed by atoms with Crippen LogP contribution in [0.3, 0.4) is 0 Å². The number of halogens is 1. The fourth-order valence-electron chi connectivity index (χ4n) is 3.39. The van der Waals surface area contributed by atoms with Crippen molar-refractivity contribution in [3.05, 3.63) is 34.9 Å². The first-order valence-electron chi connectivity index (χ1n) is 12.5. The summed E-state index contributed by atoms with van der Waals surface area (Å²) in [6.45, 7) is 17.5. The Balaban J connectivity index is 3.07. The van der Waals surface area contributed by atoms with Crippen LogP contribution in [0.25, 0.3) is 0 Å². The van der Waals surface area contributed by atoms with Crippen LogP contribution >= 0.6 is 11.6 Å². The zero-order valence-electron chi connectivity index (χ0n) is 23.8. The van der Waals surface area contributed by atoms with Gasteiger partial charge in [-0.25, -0.2) is 4.79 Å². The van der Waals surface area contributed by atoms with Gasteiger partial charge in [0.2, 0.25) is 11.8 Å². The Kier molecular flexibility index (Phi) is 11.2. The maximum absolute atomic E-state index is 13.3. The standard InChI is InChI=1S/C28H43ClN2O6/c1-17(2)22(31-25(35)28(9,10)18-11-13-19(29)14-12-18)23(33)30-20(24(34)37-27(6,7)8)15-16-21(32)36-26(3,4)5/h11-14,17,20,22H,15-16H2,1-10H3,(H,30,33)(H,31,35)/t20-,22+/m1/s1. The highest BCUT2D eigenvalue weighted by molar-refractivity contribution is 6.30. The van der Waals surface area contributed by atoms with Crippen molar-refractivity contribution < 1.29 is 28.7 Å². The summed E-state index contributed by atoms with van der Waals surface area (Å²) in [7, 11) is 0. The molecule has 1 rings (SSSR count). The third-order valence-electron chi connectivity index (χ3n) is 5.43. The summed E-state index contributed by atoms with van der Waals surface area (Å²) < 4.78 is 10.8. The number of carbonyl (C=O) groups is 4. The smallest absolute Gasteiger partial charge is 0.329 e. The molecule has 2 amide bonds. The Morgan fingerprint density at radius 2 is 1.35 bits per heavy atom. The van der Waals surface area contributed by atoms with E-state index in [0.717, 1.165) is 5.56 Å². The number of rotatable bonds is 10. The zero-order chi connectivity index (χ0) is 28.8. The third-order valence-corrected chi connectivity index (χ3v) is 5.69. The van der Waals surface area contributed by atoms with Gasteiger partial charge in [0.1, 0.15) is 23.3 Å². The van der Waals surface area contributed by atoms with Gasteiger partial charge in [0.25, 0.3) is 0 Å². The lowest BCUT2D eigenvalue weighted by Gasteiger charge is -2.30. The molecule has 2 atom stereocenters. The van der Waals surface area contributed by atoms with E-state index in [-0.39, 0.29) is 24.7 Å². The van der Waals surface area contributed by atoms with Crippen molar-refractivity contribution in [2.24, 2.45) is 5.92 Å². The lowest BCUT2D eigenvalue weighted by atomic mass is 9.83. The molecule has 0 unspecified atom stereocenters. The molecule has 0 bridgehead atoms. The zero-order valence-corrected chi connectivity index (χ0v) is 24.5. The second kappa shape index (κ2) is 12.8. The first-order chi connectivity index (χ1) is 16.7. The Morgan fingerprint density at radius 3 is 1.81 bits per heavy atom. The van der Waals surface area contributed by atoms with E-state index in [0.29, 0.717) is 5.02 Å². The molecule has 0 aliphatic carbocycles. The van der Waals surface area contributed by atoms with E-state index in [2.05, 4.69) is 10.6 Å². The lowest BCUT2D eigenvalue weighted by Crippen LogP contribution is -2.56. The van der Waals surface area contributed by atoms with Crippen molar-refractivity contribution in [2.45, 2.75) is 111 Å². The minimum Gasteiger partial charge on any atom is -0.460 e. The highest BCUT2D eigenvalue weighted by atomic mass is 35.5. The molecule has 0 spiro atoms. The van der Waals surface area contributed by atoms with Crippen LogP contribution in [0.15, 0.2) is 24.3 Å². The molecule has 208 valence electrons. The Labute approximate surface area is 226 Å². The van der Waals surface area contributed by atoms with Crippen molar-refractivity contribution in [1.82, 2.24) is 10.6 Å². The quantitative estimate of drug-likeness (QED) is 0.417. The predicted octanol–water partition coefficient (Wildman–Crippen LogP) is 4.71. The first-order valence-corrected chi connectivity index (χ1v) is 12.9. The summed E-state index contributed by atoms with van der Waals surface area (Å²) in [6, 6.07) is 4.92. The fraction of sp³-hybridized carbons (Fsp3) is 0.643. The molecule has 0 aliphatic rings. The van der Waals surface area contributed by atoms with Gasteiger partial charge in [0.05, 0.1) is 5.41 Å². The highest BCUT2D eigenvalue weighted by Crippen LogP contribution is 2.25. The van der Waals surface area contributed by atoms with Crippen LogP contribution in [-0.2, 0) is 34.1 Å². The minimum atomic E-state index is -1.10. The number of esters is 2. The summed E-state index contributed by atoms with van der Waals surface area (Å²) in [5.74, 6) is -2.34. The monoisotopic (exact) mass is 538 g/mol. The number of hydrogen-bond acceptors (Lipinski definition) is 6. The molecular weight excluding hydrogens is 496 g/mol. The van der Waals surface area contributed by atoms with Gasteiger partial charge in [-0.15, -0.1) is 0 Å². The van der Waals surface area contributed by atoms with Gasteiger partial charge >= 0.3 is 11.9 Å². The van der Waals surface area contributed by atoms with Crippen LogP contribution in [-0.4, -0.2) is 47.0 Å². The average molecular weight is 539 g/mol. The van der Waals surface area contributed by atoms with Crippen molar-refractivity contribution >= 4 is 35.4 Å². The fourth-order valence-corrected chi connectivity index (χ4v) is 3.52. The third kappa shape index (κ3) is 11.1. The van der Waals surface area contributed by atoms with Crippen LogP contribution in [0.2, 0.25) is 5.02 Å². The molecule has 1 aromatic carbocycles. The van der Waals surface area contributed by atoms with Crippen LogP contribution in [0.5, 0.6) is 0 Å². The topological polar surface area (TPSA) is 111 Å². The van der Waals surface area contributed by atoms with E-state index >= 15 is 0 Å². The van der Waals surface area contributed by atoms with Crippen LogP contribution in [0.1, 0.15) is 87.6 Å². The van der Waals surface area contributed by atoms with E-state index in [9.17, 15) is 19.2 Å². The van der Waals surface area contributed by atoms with Gasteiger partial charge in [-0.2, -0.15) is 0 Å². The van der Waals surface area contributed by atoms with E-state index in [1.54, 1.807) is 93.5 Å². The van der Waals surface area contributed by atoms with Crippen LogP contribution in [0.4, 0.5) is 0 Å². The summed E-state index contributed by atoms with van der Waals surface area (Å²) in [6.07, 6.45) is -0.103. The van der Waals surface area contributed by atoms with Crippen LogP contribution < -0.4 is 10.6 Å². The van der Waals surface area contributed by atoms with Crippen molar-refractivity contribution in [1.29, 1.82) is 0 Å². The largest absolute Gasteiger partial charge is 0.460 e. The van der Waals surface area contributed by atoms with Crippen LogP contribution in [0, 0.1) is 5.92 Å². The second-order valence-electron chi connectivity index (χ2n) is 12.0. The highest BCUT2D eigenvalue weighted by Gasteiger charge is 2.36. The molecular formula is C28H43ClN2O6. The minimum absolute atomic E-state index is 0.00933. The summed E-state index contributed by atoms with van der Waals surface area (Å²) in [4.78, 5) is 51.7. The number of carbonyl (C=O) groups excluding carboxylic acids is 4. The summed E-state index contributed by atoms with van der Waals surface area (Å²) >= 11 is 5.98. The average Bonchev–Trinajstić information content (AvgIpc) is 2.72. The number of nitrogens with one attached hydrogen (secondary N) is 2. The molecule has 0 radical (unpaired) electrons. The summed E-state index contributed by atoms with van der Waals surface area (Å²) in [5.41, 5.74) is -1.67. The van der Waals surface area contributed by atoms with Gasteiger partial charge in [-0.3, -0.25) is 14.4 Å². The van der Waals surface area contributed by atoms with Gasteiger partial charge in [-0.1, -0.05) is 37.6 Å². The van der Waals surface area contributed by atoms with Crippen molar-refractivity contribution in [2.75, 3.05) is 0 Å². The molecule has 0 fully saturated rings. The number of amides is 2. The van der Waals surface area contributed by atoms with Gasteiger partial charge < -0.3 is 20.1 Å². The Hall–Kier alpha value is -2.61. The van der Waals surface area contributed by atoms with Gasteiger partial charge in [-0.05, 0) is 85.4 Å². The molecule has 2 N–H and O–H groups in total. The second-order valence-corrected chi connectivity index (χ2v) is 12.5. The SMILES string of the molecule is CC(C)[C@H](NC(=O)C(C)(C)c1ccc(Cl)cc1)C(=O)N[C@H](CCC(=O)OC(C)(C)C)C(=O)OC(C)(C)C. The first kappa shape index (κ1) is 32.4. The van der Waals surface area contributed by atoms with Gasteiger partial charge in [0.15, 0.2) is 0 Å². The predicted molar refractivity (Wildman–Crippen MR) is 144 cm³/mol. The molecule has 1 aromatic rings. The summed E-state index contributed by atoms with van der Waals surface area (Å²) in [5, 5.41) is 6.07. The van der Waals surface area contributed by atoms with E-state index in [4.69, 9.17) is 21.1 Å². The molecule has 9 heteroatoms. The van der Waals surface area contributed by atoms with E-state index in [1.165, 1.54) is 0 Å². The molecule has 37 heavy (non-hydrogen) atoms. The molecule has 8 nitrogen and oxygen atoms in total. The van der Waals surface area contributed by atoms with Crippen molar-refractivity contribution in [3.8, 4) is 0 Å². The number of hydrogen-bond donors (Lipinski definition) is 2. The molecule has 0 aromatic heterocycles. The molecule has 0 aliphatic heterocycles. The Bertz CT molecular complexity index is 958. The number of benzene rings is 1. The molecule has 0 saturated carbocycles. The maximum atomic E-state index is 13.3. The molecule has 0 saturated heterocycles. The Morgan fingerprint density at radius 1 is 0.838 bits per heavy atom. The normalized spacial score (nSPS) is 13.9. The molecule has 0 heterocycles. The van der Waals surface area contributed by atoms with Gasteiger partial charge in [0, 0.05) is 11.4 Å². The lowest BCUT2D eigenvalue weighted by molar-refractivity contribution is -0.160. The van der Waals surface area contributed by atoms with E-state index in [1.807, 2.05) is 0 Å². The maximum Gasteiger partial charge on any atom is 0.329 e.